The number of esters is 3. The number of carbonyl (C=O) groups excluding carboxylic acids is 3. The molecular weight excluding hydrogens is 1020 g/mol. The van der Waals surface area contributed by atoms with Gasteiger partial charge in [-0.25, -0.2) is 0 Å². The summed E-state index contributed by atoms with van der Waals surface area (Å²) in [5.74, 6) is -0.944. The number of rotatable bonds is 60. The third kappa shape index (κ3) is 67.7. The first-order valence-electron chi connectivity index (χ1n) is 34.0. The molecule has 0 spiro atoms. The summed E-state index contributed by atoms with van der Waals surface area (Å²) in [6.45, 7) is 6.39. The van der Waals surface area contributed by atoms with Crippen LogP contribution in [0.4, 0.5) is 0 Å². The summed E-state index contributed by atoms with van der Waals surface area (Å²) >= 11 is 0. The maximum atomic E-state index is 12.9. The summed E-state index contributed by atoms with van der Waals surface area (Å²) in [6, 6.07) is 0. The second-order valence-electron chi connectivity index (χ2n) is 22.0. The Kier molecular flexibility index (Phi) is 65.4. The van der Waals surface area contributed by atoms with E-state index in [1.165, 1.54) is 89.9 Å². The van der Waals surface area contributed by atoms with Gasteiger partial charge < -0.3 is 14.2 Å². The van der Waals surface area contributed by atoms with Crippen LogP contribution in [-0.4, -0.2) is 37.2 Å². The van der Waals surface area contributed by atoms with Gasteiger partial charge in [0.25, 0.3) is 0 Å². The Bertz CT molecular complexity index is 1840. The van der Waals surface area contributed by atoms with Crippen molar-refractivity contribution in [3.63, 3.8) is 0 Å². The normalized spacial score (nSPS) is 13.1. The van der Waals surface area contributed by atoms with Crippen LogP contribution in [0.3, 0.4) is 0 Å². The first-order chi connectivity index (χ1) is 41.0. The third-order valence-electron chi connectivity index (χ3n) is 14.0. The minimum Gasteiger partial charge on any atom is -0.462 e. The van der Waals surface area contributed by atoms with Gasteiger partial charge >= 0.3 is 17.9 Å². The van der Waals surface area contributed by atoms with Gasteiger partial charge in [0, 0.05) is 19.3 Å². The Labute approximate surface area is 511 Å². The third-order valence-corrected chi connectivity index (χ3v) is 14.0. The molecule has 0 rings (SSSR count). The van der Waals surface area contributed by atoms with Crippen molar-refractivity contribution >= 4 is 17.9 Å². The highest BCUT2D eigenvalue weighted by molar-refractivity contribution is 5.71. The van der Waals surface area contributed by atoms with E-state index >= 15 is 0 Å². The maximum absolute atomic E-state index is 12.9. The monoisotopic (exact) mass is 1140 g/mol. The van der Waals surface area contributed by atoms with Crippen molar-refractivity contribution in [2.24, 2.45) is 0 Å². The lowest BCUT2D eigenvalue weighted by molar-refractivity contribution is -0.167. The van der Waals surface area contributed by atoms with E-state index in [0.717, 1.165) is 161 Å². The van der Waals surface area contributed by atoms with Crippen LogP contribution in [0.15, 0.2) is 158 Å². The molecule has 0 amide bonds. The van der Waals surface area contributed by atoms with Gasteiger partial charge in [-0.2, -0.15) is 0 Å². The number of allylic oxidation sites excluding steroid dienone is 26. The van der Waals surface area contributed by atoms with E-state index in [0.29, 0.717) is 19.3 Å². The van der Waals surface area contributed by atoms with Gasteiger partial charge in [-0.15, -0.1) is 0 Å². The van der Waals surface area contributed by atoms with Gasteiger partial charge in [0.05, 0.1) is 0 Å². The average Bonchev–Trinajstić information content (AvgIpc) is 3.49. The van der Waals surface area contributed by atoms with Crippen LogP contribution in [0, 0.1) is 0 Å². The zero-order valence-corrected chi connectivity index (χ0v) is 53.7. The second kappa shape index (κ2) is 69.5. The standard InChI is InChI=1S/C77H124O6/c1-4-7-10-13-16-19-22-25-28-30-32-33-34-35-36-37-38-39-40-41-42-43-45-46-49-52-55-58-61-64-67-70-76(79)82-73-74(72-81-75(78)69-66-63-60-57-54-51-48-27-24-21-18-15-12-9-6-3)83-77(80)71-68-65-62-59-56-53-50-47-44-31-29-26-23-20-17-14-11-8-5-2/h7-8,10-11,16-17,19-20,25-26,28-29,32-33,35-36,38-39,41-42,44-47,52,55,74H,4-6,9,12-15,18,21-24,27,30-31,34,37,40,43,48-51,53-54,56-73H2,1-3H3/b10-7-,11-8-,19-16-,20-17-,28-25-,29-26-,33-32-,36-35-,39-38-,42-41-,46-45-,47-44-,55-52-. The fraction of sp³-hybridized carbons (Fsp3) is 0.623. The van der Waals surface area contributed by atoms with Crippen molar-refractivity contribution in [2.45, 2.75) is 297 Å². The molecule has 1 atom stereocenters. The molecule has 0 aromatic heterocycles. The fourth-order valence-corrected chi connectivity index (χ4v) is 9.01. The van der Waals surface area contributed by atoms with Gasteiger partial charge in [0.2, 0.25) is 0 Å². The van der Waals surface area contributed by atoms with Crippen LogP contribution < -0.4 is 0 Å². The van der Waals surface area contributed by atoms with E-state index in [-0.39, 0.29) is 31.1 Å². The van der Waals surface area contributed by atoms with Gasteiger partial charge in [0.1, 0.15) is 13.2 Å². The number of carbonyl (C=O) groups is 3. The zero-order chi connectivity index (χ0) is 59.9. The number of unbranched alkanes of at least 4 members (excludes halogenated alkanes) is 23. The van der Waals surface area contributed by atoms with E-state index in [1.807, 2.05) is 0 Å². The molecule has 0 bridgehead atoms. The highest BCUT2D eigenvalue weighted by Crippen LogP contribution is 2.16. The molecule has 1 unspecified atom stereocenters. The Morgan fingerprint density at radius 1 is 0.253 bits per heavy atom. The lowest BCUT2D eigenvalue weighted by Crippen LogP contribution is -2.30. The maximum Gasteiger partial charge on any atom is 0.306 e. The molecular formula is C77H124O6. The molecule has 0 N–H and O–H groups in total. The number of ether oxygens (including phenoxy) is 3. The summed E-state index contributed by atoms with van der Waals surface area (Å²) in [5.41, 5.74) is 0. The lowest BCUT2D eigenvalue weighted by Gasteiger charge is -2.18. The molecule has 0 saturated heterocycles. The zero-order valence-electron chi connectivity index (χ0n) is 53.7. The summed E-state index contributed by atoms with van der Waals surface area (Å²) < 4.78 is 16.9. The van der Waals surface area contributed by atoms with Crippen molar-refractivity contribution in [1.29, 1.82) is 0 Å². The van der Waals surface area contributed by atoms with E-state index in [2.05, 4.69) is 179 Å². The summed E-state index contributed by atoms with van der Waals surface area (Å²) in [7, 11) is 0. The molecule has 6 nitrogen and oxygen atoms in total. The van der Waals surface area contributed by atoms with Crippen LogP contribution in [0.25, 0.3) is 0 Å². The van der Waals surface area contributed by atoms with Crippen molar-refractivity contribution < 1.29 is 28.6 Å². The van der Waals surface area contributed by atoms with E-state index in [1.54, 1.807) is 0 Å². The largest absolute Gasteiger partial charge is 0.462 e. The van der Waals surface area contributed by atoms with Gasteiger partial charge in [0.15, 0.2) is 6.10 Å². The molecule has 468 valence electrons. The minimum absolute atomic E-state index is 0.0981. The molecule has 0 fully saturated rings. The van der Waals surface area contributed by atoms with Crippen LogP contribution in [0.5, 0.6) is 0 Å². The van der Waals surface area contributed by atoms with E-state index in [4.69, 9.17) is 14.2 Å². The first-order valence-corrected chi connectivity index (χ1v) is 34.0. The second-order valence-corrected chi connectivity index (χ2v) is 22.0. The molecule has 0 aliphatic heterocycles. The van der Waals surface area contributed by atoms with Crippen LogP contribution in [0.2, 0.25) is 0 Å². The molecule has 6 heteroatoms. The van der Waals surface area contributed by atoms with Crippen molar-refractivity contribution in [3.05, 3.63) is 158 Å². The number of hydrogen-bond donors (Lipinski definition) is 0. The van der Waals surface area contributed by atoms with E-state index in [9.17, 15) is 14.4 Å². The van der Waals surface area contributed by atoms with Crippen LogP contribution in [-0.2, 0) is 28.6 Å². The molecule has 83 heavy (non-hydrogen) atoms. The highest BCUT2D eigenvalue weighted by Gasteiger charge is 2.19. The van der Waals surface area contributed by atoms with Crippen LogP contribution >= 0.6 is 0 Å². The van der Waals surface area contributed by atoms with Gasteiger partial charge in [-0.3, -0.25) is 14.4 Å². The quantitative estimate of drug-likeness (QED) is 0.0261. The SMILES string of the molecule is CC/C=C\C/C=C\C/C=C\C/C=C\C/C=C\C/C=C\C/C=C\C/C=C\C/C=C\CCCCCC(=O)OCC(COC(=O)CCCCCCCCCCCCCCCCC)OC(=O)CCCCCCCC/C=C\C/C=C\C/C=C\C/C=C\CC. The number of hydrogen-bond acceptors (Lipinski definition) is 6. The van der Waals surface area contributed by atoms with Gasteiger partial charge in [-0.1, -0.05) is 301 Å². The van der Waals surface area contributed by atoms with Gasteiger partial charge in [-0.05, 0) is 128 Å². The average molecular weight is 1150 g/mol. The predicted octanol–water partition coefficient (Wildman–Crippen LogP) is 23.7. The Balaban J connectivity index is 4.44. The molecule has 0 aliphatic carbocycles. The molecule has 0 aliphatic rings. The molecule has 0 saturated carbocycles. The Morgan fingerprint density at radius 2 is 0.470 bits per heavy atom. The topological polar surface area (TPSA) is 78.9 Å². The Hall–Kier alpha value is -4.97. The summed E-state index contributed by atoms with van der Waals surface area (Å²) in [4.78, 5) is 38.4. The fourth-order valence-electron chi connectivity index (χ4n) is 9.01. The minimum atomic E-state index is -0.807. The van der Waals surface area contributed by atoms with Crippen LogP contribution in [0.1, 0.15) is 290 Å². The summed E-state index contributed by atoms with van der Waals surface area (Å²) in [6.07, 6.45) is 101. The molecule has 0 radical (unpaired) electrons. The molecule has 0 aromatic rings. The van der Waals surface area contributed by atoms with E-state index < -0.39 is 6.10 Å². The smallest absolute Gasteiger partial charge is 0.306 e. The summed E-state index contributed by atoms with van der Waals surface area (Å²) in [5, 5.41) is 0. The van der Waals surface area contributed by atoms with Crippen molar-refractivity contribution in [3.8, 4) is 0 Å². The highest BCUT2D eigenvalue weighted by atomic mass is 16.6. The van der Waals surface area contributed by atoms with Crippen molar-refractivity contribution in [1.82, 2.24) is 0 Å². The first kappa shape index (κ1) is 78.0. The Morgan fingerprint density at radius 3 is 0.747 bits per heavy atom. The lowest BCUT2D eigenvalue weighted by atomic mass is 10.0. The predicted molar refractivity (Wildman–Crippen MR) is 362 cm³/mol. The van der Waals surface area contributed by atoms with Crippen molar-refractivity contribution in [2.75, 3.05) is 13.2 Å². The molecule has 0 heterocycles. The molecule has 0 aromatic carbocycles.